The maximum absolute atomic E-state index is 14.0. The zero-order valence-electron chi connectivity index (χ0n) is 16.3. The van der Waals surface area contributed by atoms with Crippen LogP contribution in [-0.2, 0) is 12.5 Å². The molecule has 2 aliphatic heterocycles. The molecule has 1 amide bonds. The second-order valence-corrected chi connectivity index (χ2v) is 9.04. The van der Waals surface area contributed by atoms with E-state index in [2.05, 4.69) is 20.6 Å². The van der Waals surface area contributed by atoms with E-state index in [1.54, 1.807) is 30.3 Å². The van der Waals surface area contributed by atoms with Gasteiger partial charge in [-0.15, -0.1) is 0 Å². The number of para-hydroxylation sites is 1. The molecule has 11 heteroatoms. The van der Waals surface area contributed by atoms with Gasteiger partial charge in [-0.2, -0.15) is 8.78 Å². The highest BCUT2D eigenvalue weighted by atomic mass is 35.5. The van der Waals surface area contributed by atoms with Crippen molar-refractivity contribution in [2.45, 2.75) is 17.5 Å². The molecule has 2 aliphatic rings. The Bertz CT molecular complexity index is 1220. The molecule has 0 fully saturated rings. The van der Waals surface area contributed by atoms with Crippen LogP contribution in [0.4, 0.5) is 26.1 Å². The molecule has 0 radical (unpaired) electrons. The van der Waals surface area contributed by atoms with Crippen LogP contribution in [0.1, 0.15) is 21.5 Å². The third kappa shape index (κ3) is 3.79. The van der Waals surface area contributed by atoms with Crippen LogP contribution in [0.5, 0.6) is 0 Å². The number of amides is 1. The van der Waals surface area contributed by atoms with Gasteiger partial charge in [0.15, 0.2) is 0 Å². The minimum Gasteiger partial charge on any atom is -0.324 e. The predicted molar refractivity (Wildman–Crippen MR) is 121 cm³/mol. The second-order valence-electron chi connectivity index (χ2n) is 7.29. The number of benzene rings is 2. The molecule has 0 saturated carbocycles. The lowest BCUT2D eigenvalue weighted by atomic mass is 9.97. The van der Waals surface area contributed by atoms with Crippen LogP contribution in [0, 0.1) is 0 Å². The van der Waals surface area contributed by atoms with E-state index >= 15 is 0 Å². The largest absolute Gasteiger partial charge is 0.324 e. The summed E-state index contributed by atoms with van der Waals surface area (Å²) in [7, 11) is 0. The van der Waals surface area contributed by atoms with E-state index in [-0.39, 0.29) is 29.8 Å². The van der Waals surface area contributed by atoms with E-state index in [4.69, 9.17) is 23.2 Å². The number of thioether (sulfide) groups is 1. The number of fused-ring (bicyclic) bond motifs is 2. The molecule has 0 spiro atoms. The number of aromatic nitrogens is 2. The van der Waals surface area contributed by atoms with Crippen molar-refractivity contribution in [3.63, 3.8) is 0 Å². The third-order valence-corrected chi connectivity index (χ3v) is 6.77. The highest BCUT2D eigenvalue weighted by Crippen LogP contribution is 2.40. The highest BCUT2D eigenvalue weighted by molar-refractivity contribution is 7.99. The fourth-order valence-corrected chi connectivity index (χ4v) is 5.22. The summed E-state index contributed by atoms with van der Waals surface area (Å²) in [4.78, 5) is 23.2. The molecule has 3 heterocycles. The number of hydrogen-bond acceptors (Lipinski definition) is 6. The van der Waals surface area contributed by atoms with Crippen molar-refractivity contribution in [2.24, 2.45) is 0 Å². The Balaban J connectivity index is 1.40. The lowest BCUT2D eigenvalue weighted by molar-refractivity contribution is -0.0107. The molecule has 3 aromatic rings. The average molecular weight is 494 g/mol. The zero-order chi connectivity index (χ0) is 22.5. The maximum atomic E-state index is 14.0. The minimum absolute atomic E-state index is 0.0210. The smallest absolute Gasteiger partial charge is 0.285 e. The number of nitrogens with zero attached hydrogens (tertiary/aromatic N) is 3. The summed E-state index contributed by atoms with van der Waals surface area (Å²) in [5.41, 5.74) is 1.89. The number of anilines is 3. The van der Waals surface area contributed by atoms with E-state index in [9.17, 15) is 13.6 Å². The lowest BCUT2D eigenvalue weighted by Crippen LogP contribution is -2.36. The zero-order valence-corrected chi connectivity index (χ0v) is 18.7. The fraction of sp³-hybridized carbons (Fsp3) is 0.190. The molecule has 0 unspecified atom stereocenters. The van der Waals surface area contributed by atoms with Crippen LogP contribution in [0.25, 0.3) is 0 Å². The average Bonchev–Trinajstić information content (AvgIpc) is 2.75. The van der Waals surface area contributed by atoms with Gasteiger partial charge in [-0.3, -0.25) is 9.69 Å². The molecule has 1 aromatic heterocycles. The molecule has 0 saturated heterocycles. The Hall–Kier alpha value is -2.46. The maximum Gasteiger partial charge on any atom is 0.285 e. The van der Waals surface area contributed by atoms with E-state index in [1.165, 1.54) is 28.9 Å². The number of carbonyl (C=O) groups is 1. The third-order valence-electron chi connectivity index (χ3n) is 5.19. The van der Waals surface area contributed by atoms with Crippen molar-refractivity contribution in [2.75, 3.05) is 22.6 Å². The highest BCUT2D eigenvalue weighted by Gasteiger charge is 2.36. The summed E-state index contributed by atoms with van der Waals surface area (Å²) in [5.74, 6) is -2.65. The van der Waals surface area contributed by atoms with Crippen molar-refractivity contribution >= 4 is 58.2 Å². The SMILES string of the molecule is O=C1c2cnc(Nc3ccc4c(c3)CNCC4(F)F)nc2SCN1c1c(Cl)cccc1Cl. The van der Waals surface area contributed by atoms with Gasteiger partial charge in [0.25, 0.3) is 11.8 Å². The van der Waals surface area contributed by atoms with Gasteiger partial charge in [0.05, 0.1) is 33.7 Å². The molecule has 0 bridgehead atoms. The van der Waals surface area contributed by atoms with Crippen LogP contribution in [0.2, 0.25) is 10.0 Å². The first-order valence-corrected chi connectivity index (χ1v) is 11.3. The van der Waals surface area contributed by atoms with E-state index in [0.717, 1.165) is 0 Å². The molecule has 5 rings (SSSR count). The minimum atomic E-state index is -2.90. The Kier molecular flexibility index (Phi) is 5.45. The standard InChI is InChI=1S/C21H15Cl2F2N5OS/c22-15-2-1-3-16(23)17(15)30-10-32-18-13(19(30)31)8-27-20(29-18)28-12-4-5-14-11(6-12)7-26-9-21(14,24)25/h1-6,8,26H,7,9-10H2,(H,27,28,29). The van der Waals surface area contributed by atoms with Gasteiger partial charge in [-0.1, -0.05) is 47.1 Å². The van der Waals surface area contributed by atoms with Gasteiger partial charge >= 0.3 is 0 Å². The van der Waals surface area contributed by atoms with Crippen LogP contribution < -0.4 is 15.5 Å². The van der Waals surface area contributed by atoms with Gasteiger partial charge in [-0.05, 0) is 29.8 Å². The van der Waals surface area contributed by atoms with E-state index in [0.29, 0.717) is 44.1 Å². The number of halogens is 4. The van der Waals surface area contributed by atoms with E-state index < -0.39 is 5.92 Å². The first kappa shape index (κ1) is 21.4. The summed E-state index contributed by atoms with van der Waals surface area (Å²) in [6.07, 6.45) is 1.44. The quantitative estimate of drug-likeness (QED) is 0.474. The van der Waals surface area contributed by atoms with Crippen molar-refractivity contribution < 1.29 is 13.6 Å². The summed E-state index contributed by atoms with van der Waals surface area (Å²) in [6.45, 7) is -0.0152. The molecular weight excluding hydrogens is 479 g/mol. The first-order valence-electron chi connectivity index (χ1n) is 9.58. The van der Waals surface area contributed by atoms with Crippen molar-refractivity contribution in [1.29, 1.82) is 0 Å². The summed E-state index contributed by atoms with van der Waals surface area (Å²) >= 11 is 13.9. The van der Waals surface area contributed by atoms with Gasteiger partial charge in [0, 0.05) is 24.0 Å². The van der Waals surface area contributed by atoms with E-state index in [1.807, 2.05) is 0 Å². The lowest BCUT2D eigenvalue weighted by Gasteiger charge is -2.28. The summed E-state index contributed by atoms with van der Waals surface area (Å²) in [6, 6.07) is 9.69. The summed E-state index contributed by atoms with van der Waals surface area (Å²) < 4.78 is 28.0. The Morgan fingerprint density at radius 3 is 2.75 bits per heavy atom. The van der Waals surface area contributed by atoms with Gasteiger partial charge < -0.3 is 10.6 Å². The number of rotatable bonds is 3. The molecule has 164 valence electrons. The molecular formula is C21H15Cl2F2N5OS. The normalized spacial score (nSPS) is 17.0. The molecule has 0 atom stereocenters. The monoisotopic (exact) mass is 493 g/mol. The van der Waals surface area contributed by atoms with Crippen LogP contribution in [0.3, 0.4) is 0 Å². The van der Waals surface area contributed by atoms with Crippen LogP contribution in [0.15, 0.2) is 47.6 Å². The van der Waals surface area contributed by atoms with Crippen molar-refractivity contribution in [1.82, 2.24) is 15.3 Å². The fourth-order valence-electron chi connectivity index (χ4n) is 3.68. The van der Waals surface area contributed by atoms with Gasteiger partial charge in [0.2, 0.25) is 5.95 Å². The van der Waals surface area contributed by atoms with Crippen molar-refractivity contribution in [3.8, 4) is 0 Å². The predicted octanol–water partition coefficient (Wildman–Crippen LogP) is 5.43. The molecule has 32 heavy (non-hydrogen) atoms. The molecule has 2 aromatic carbocycles. The Labute approximate surface area is 196 Å². The molecule has 0 aliphatic carbocycles. The number of nitrogens with one attached hydrogen (secondary N) is 2. The molecule has 6 nitrogen and oxygen atoms in total. The van der Waals surface area contributed by atoms with Crippen molar-refractivity contribution in [3.05, 3.63) is 69.3 Å². The topological polar surface area (TPSA) is 70.1 Å². The second kappa shape index (κ2) is 8.15. The Morgan fingerprint density at radius 1 is 1.19 bits per heavy atom. The molecule has 2 N–H and O–H groups in total. The first-order chi connectivity index (χ1) is 15.3. The number of carbonyl (C=O) groups excluding carboxylic acids is 1. The Morgan fingerprint density at radius 2 is 1.97 bits per heavy atom. The number of hydrogen-bond donors (Lipinski definition) is 2. The summed E-state index contributed by atoms with van der Waals surface area (Å²) in [5, 5.41) is 7.02. The van der Waals surface area contributed by atoms with Crippen LogP contribution in [-0.4, -0.2) is 28.3 Å². The van der Waals surface area contributed by atoms with Crippen LogP contribution >= 0.6 is 35.0 Å². The number of alkyl halides is 2. The van der Waals surface area contributed by atoms with Gasteiger partial charge in [-0.25, -0.2) is 9.97 Å². The van der Waals surface area contributed by atoms with Gasteiger partial charge in [0.1, 0.15) is 5.03 Å².